The van der Waals surface area contributed by atoms with Gasteiger partial charge in [0.2, 0.25) is 0 Å². The van der Waals surface area contributed by atoms with Crippen LogP contribution in [0, 0.1) is 5.82 Å². The van der Waals surface area contributed by atoms with E-state index in [1.807, 2.05) is 0 Å². The molecule has 0 aliphatic carbocycles. The van der Waals surface area contributed by atoms with Gasteiger partial charge in [-0.2, -0.15) is 0 Å². The van der Waals surface area contributed by atoms with E-state index in [-0.39, 0.29) is 19.2 Å². The molecule has 0 spiro atoms. The van der Waals surface area contributed by atoms with Crippen LogP contribution in [0.5, 0.6) is 5.75 Å². The van der Waals surface area contributed by atoms with Gasteiger partial charge in [0.1, 0.15) is 22.9 Å². The van der Waals surface area contributed by atoms with Gasteiger partial charge in [0.25, 0.3) is 0 Å². The third-order valence-corrected chi connectivity index (χ3v) is 4.07. The number of nitrogens with zero attached hydrogens (tertiary/aromatic N) is 1. The van der Waals surface area contributed by atoms with E-state index in [1.165, 1.54) is 18.4 Å². The summed E-state index contributed by atoms with van der Waals surface area (Å²) in [7, 11) is 1.61. The molecule has 1 atom stereocenters. The monoisotopic (exact) mass is 363 g/mol. The minimum Gasteiger partial charge on any atom is -0.467 e. The van der Waals surface area contributed by atoms with E-state index in [0.29, 0.717) is 41.7 Å². The van der Waals surface area contributed by atoms with Crippen molar-refractivity contribution in [3.8, 4) is 5.75 Å². The van der Waals surface area contributed by atoms with Crippen molar-refractivity contribution in [2.45, 2.75) is 25.7 Å². The molecule has 2 aromatic rings. The summed E-state index contributed by atoms with van der Waals surface area (Å²) in [5, 5.41) is 16.6. The molecule has 0 saturated carbocycles. The first-order valence-corrected chi connectivity index (χ1v) is 8.22. The van der Waals surface area contributed by atoms with Crippen LogP contribution in [-0.4, -0.2) is 31.5 Å². The lowest BCUT2D eigenvalue weighted by molar-refractivity contribution is -0.0173. The van der Waals surface area contributed by atoms with Crippen molar-refractivity contribution in [1.29, 1.82) is 0 Å². The number of ether oxygens (including phenoxy) is 2. The molecule has 1 aliphatic rings. The standard InChI is InChI=1S/C18H22FN3O4/c1-18(23,15-4-3-5-25-15)10-22-17(20-2)21-8-12-6-14(19)7-13-9-24-11-26-16(12)13/h3-7,23H,8-11H2,1-2H3,(H2,20,21,22). The Morgan fingerprint density at radius 3 is 2.96 bits per heavy atom. The molecule has 1 unspecified atom stereocenters. The highest BCUT2D eigenvalue weighted by molar-refractivity contribution is 5.79. The number of hydrogen-bond acceptors (Lipinski definition) is 5. The number of benzene rings is 1. The highest BCUT2D eigenvalue weighted by Gasteiger charge is 2.26. The Bertz CT molecular complexity index is 775. The lowest BCUT2D eigenvalue weighted by Crippen LogP contribution is -2.44. The minimum absolute atomic E-state index is 0.143. The van der Waals surface area contributed by atoms with E-state index in [0.717, 1.165) is 0 Å². The van der Waals surface area contributed by atoms with Gasteiger partial charge < -0.3 is 29.6 Å². The minimum atomic E-state index is -1.19. The number of furan rings is 1. The Labute approximate surface area is 150 Å². The van der Waals surface area contributed by atoms with Crippen LogP contribution in [0.3, 0.4) is 0 Å². The molecule has 140 valence electrons. The lowest BCUT2D eigenvalue weighted by Gasteiger charge is -2.24. The van der Waals surface area contributed by atoms with Crippen LogP contribution in [-0.2, 0) is 23.5 Å². The Kier molecular flexibility index (Phi) is 5.43. The van der Waals surface area contributed by atoms with Crippen LogP contribution in [0.15, 0.2) is 39.9 Å². The molecule has 8 heteroatoms. The highest BCUT2D eigenvalue weighted by atomic mass is 19.1. The summed E-state index contributed by atoms with van der Waals surface area (Å²) in [6.07, 6.45) is 1.51. The SMILES string of the molecule is CN=C(NCc1cc(F)cc2c1OCOC2)NCC(C)(O)c1ccco1. The molecule has 3 rings (SSSR count). The van der Waals surface area contributed by atoms with E-state index in [9.17, 15) is 9.50 Å². The number of halogens is 1. The number of guanidine groups is 1. The van der Waals surface area contributed by atoms with Crippen molar-refractivity contribution in [1.82, 2.24) is 10.6 Å². The van der Waals surface area contributed by atoms with Crippen LogP contribution in [0.1, 0.15) is 23.8 Å². The third-order valence-electron chi connectivity index (χ3n) is 4.07. The lowest BCUT2D eigenvalue weighted by atomic mass is 10.0. The van der Waals surface area contributed by atoms with Gasteiger partial charge in [-0.05, 0) is 31.2 Å². The maximum absolute atomic E-state index is 13.8. The zero-order valence-corrected chi connectivity index (χ0v) is 14.7. The Morgan fingerprint density at radius 2 is 2.23 bits per heavy atom. The van der Waals surface area contributed by atoms with Crippen molar-refractivity contribution in [2.75, 3.05) is 20.4 Å². The van der Waals surface area contributed by atoms with Crippen LogP contribution < -0.4 is 15.4 Å². The number of fused-ring (bicyclic) bond motifs is 1. The van der Waals surface area contributed by atoms with Gasteiger partial charge in [0.05, 0.1) is 19.4 Å². The Morgan fingerprint density at radius 1 is 1.38 bits per heavy atom. The molecule has 0 amide bonds. The van der Waals surface area contributed by atoms with E-state index in [2.05, 4.69) is 15.6 Å². The predicted octanol–water partition coefficient (Wildman–Crippen LogP) is 1.86. The summed E-state index contributed by atoms with van der Waals surface area (Å²) in [4.78, 5) is 4.12. The van der Waals surface area contributed by atoms with Crippen molar-refractivity contribution >= 4 is 5.96 Å². The topological polar surface area (TPSA) is 88.3 Å². The first-order valence-electron chi connectivity index (χ1n) is 8.22. The first kappa shape index (κ1) is 18.2. The van der Waals surface area contributed by atoms with Gasteiger partial charge in [-0.25, -0.2) is 4.39 Å². The fraction of sp³-hybridized carbons (Fsp3) is 0.389. The molecule has 0 saturated heterocycles. The maximum Gasteiger partial charge on any atom is 0.191 e. The predicted molar refractivity (Wildman–Crippen MR) is 93.2 cm³/mol. The molecule has 0 bridgehead atoms. The molecule has 1 aromatic heterocycles. The molecule has 7 nitrogen and oxygen atoms in total. The Balaban J connectivity index is 1.62. The fourth-order valence-electron chi connectivity index (χ4n) is 2.72. The average Bonchev–Trinajstić information content (AvgIpc) is 3.17. The normalized spacial score (nSPS) is 16.4. The summed E-state index contributed by atoms with van der Waals surface area (Å²) < 4.78 is 29.7. The molecular weight excluding hydrogens is 341 g/mol. The molecule has 26 heavy (non-hydrogen) atoms. The molecule has 0 radical (unpaired) electrons. The van der Waals surface area contributed by atoms with Crippen molar-refractivity contribution < 1.29 is 23.4 Å². The van der Waals surface area contributed by atoms with Crippen LogP contribution in [0.2, 0.25) is 0 Å². The van der Waals surface area contributed by atoms with Crippen LogP contribution in [0.25, 0.3) is 0 Å². The van der Waals surface area contributed by atoms with Crippen molar-refractivity contribution in [3.63, 3.8) is 0 Å². The zero-order valence-electron chi connectivity index (χ0n) is 14.7. The van der Waals surface area contributed by atoms with Crippen LogP contribution >= 0.6 is 0 Å². The number of nitrogens with one attached hydrogen (secondary N) is 2. The molecule has 3 N–H and O–H groups in total. The maximum atomic E-state index is 13.8. The van der Waals surface area contributed by atoms with Gasteiger partial charge >= 0.3 is 0 Å². The van der Waals surface area contributed by atoms with Crippen molar-refractivity contribution in [3.05, 3.63) is 53.2 Å². The summed E-state index contributed by atoms with van der Waals surface area (Å²) in [6.45, 7) is 2.60. The number of aliphatic imine (C=N–C) groups is 1. The van der Waals surface area contributed by atoms with Crippen LogP contribution in [0.4, 0.5) is 4.39 Å². The van der Waals surface area contributed by atoms with Gasteiger partial charge in [0.15, 0.2) is 12.8 Å². The number of rotatable bonds is 5. The third kappa shape index (κ3) is 4.14. The molecule has 0 fully saturated rings. The smallest absolute Gasteiger partial charge is 0.191 e. The highest BCUT2D eigenvalue weighted by Crippen LogP contribution is 2.29. The first-order chi connectivity index (χ1) is 12.5. The second-order valence-electron chi connectivity index (χ2n) is 6.19. The molecule has 1 aromatic carbocycles. The van der Waals surface area contributed by atoms with E-state index >= 15 is 0 Å². The zero-order chi connectivity index (χ0) is 18.6. The largest absolute Gasteiger partial charge is 0.467 e. The number of hydrogen-bond donors (Lipinski definition) is 3. The number of aliphatic hydroxyl groups is 1. The van der Waals surface area contributed by atoms with Gasteiger partial charge in [-0.15, -0.1) is 0 Å². The second kappa shape index (κ2) is 7.76. The quantitative estimate of drug-likeness (QED) is 0.555. The summed E-state index contributed by atoms with van der Waals surface area (Å²) in [5.74, 6) is 1.19. The molecular formula is C18H22FN3O4. The Hall–Kier alpha value is -2.58. The van der Waals surface area contributed by atoms with E-state index < -0.39 is 5.60 Å². The summed E-state index contributed by atoms with van der Waals surface area (Å²) in [6, 6.07) is 6.25. The molecule has 1 aliphatic heterocycles. The van der Waals surface area contributed by atoms with E-state index in [1.54, 1.807) is 26.1 Å². The van der Waals surface area contributed by atoms with Crippen molar-refractivity contribution in [2.24, 2.45) is 4.99 Å². The fourth-order valence-corrected chi connectivity index (χ4v) is 2.72. The second-order valence-corrected chi connectivity index (χ2v) is 6.19. The van der Waals surface area contributed by atoms with Gasteiger partial charge in [-0.3, -0.25) is 4.99 Å². The summed E-state index contributed by atoms with van der Waals surface area (Å²) in [5.41, 5.74) is 0.153. The average molecular weight is 363 g/mol. The summed E-state index contributed by atoms with van der Waals surface area (Å²) >= 11 is 0. The van der Waals surface area contributed by atoms with Gasteiger partial charge in [0, 0.05) is 24.7 Å². The van der Waals surface area contributed by atoms with E-state index in [4.69, 9.17) is 13.9 Å². The van der Waals surface area contributed by atoms with Gasteiger partial charge in [-0.1, -0.05) is 0 Å². The molecule has 2 heterocycles.